The van der Waals surface area contributed by atoms with Crippen LogP contribution in [-0.4, -0.2) is 37.6 Å². The molecule has 35 heavy (non-hydrogen) atoms. The van der Waals surface area contributed by atoms with E-state index in [0.29, 0.717) is 16.5 Å². The lowest BCUT2D eigenvalue weighted by Gasteiger charge is -2.11. The summed E-state index contributed by atoms with van der Waals surface area (Å²) < 4.78 is 1.93. The number of hydrazone groups is 1. The van der Waals surface area contributed by atoms with Crippen molar-refractivity contribution in [1.29, 1.82) is 0 Å². The third-order valence-corrected chi connectivity index (χ3v) is 6.00. The quantitative estimate of drug-likeness (QED) is 0.167. The molecule has 0 fully saturated rings. The molecular weight excluding hydrogens is 464 g/mol. The van der Waals surface area contributed by atoms with Crippen LogP contribution in [0.1, 0.15) is 16.7 Å². The smallest absolute Gasteiger partial charge is 0.269 e. The maximum absolute atomic E-state index is 12.4. The average Bonchev–Trinajstić information content (AvgIpc) is 3.28. The zero-order valence-electron chi connectivity index (χ0n) is 19.1. The predicted octanol–water partition coefficient (Wildman–Crippen LogP) is 4.70. The molecule has 1 heterocycles. The number of nitro benzene ring substituents is 1. The number of aryl methyl sites for hydroxylation is 2. The summed E-state index contributed by atoms with van der Waals surface area (Å²) in [5, 5.41) is 24.0. The lowest BCUT2D eigenvalue weighted by molar-refractivity contribution is -0.384. The van der Waals surface area contributed by atoms with Gasteiger partial charge in [0.1, 0.15) is 0 Å². The topological polar surface area (TPSA) is 115 Å². The van der Waals surface area contributed by atoms with Gasteiger partial charge >= 0.3 is 0 Å². The van der Waals surface area contributed by atoms with Gasteiger partial charge in [0.2, 0.25) is 0 Å². The minimum Gasteiger partial charge on any atom is -0.272 e. The molecule has 0 saturated carbocycles. The molecule has 0 unspecified atom stereocenters. The second kappa shape index (κ2) is 10.7. The number of carbonyl (C=O) groups excluding carboxylic acids is 1. The van der Waals surface area contributed by atoms with Gasteiger partial charge in [0, 0.05) is 23.4 Å². The average molecular weight is 487 g/mol. The summed E-state index contributed by atoms with van der Waals surface area (Å²) in [4.78, 5) is 22.6. The summed E-state index contributed by atoms with van der Waals surface area (Å²) in [5.74, 6) is 0.451. The van der Waals surface area contributed by atoms with Crippen LogP contribution in [0.15, 0.2) is 83.1 Å². The van der Waals surface area contributed by atoms with Crippen LogP contribution in [0.2, 0.25) is 0 Å². The molecule has 0 aliphatic rings. The summed E-state index contributed by atoms with van der Waals surface area (Å²) in [6.45, 7) is 4.05. The molecule has 176 valence electrons. The molecule has 0 spiro atoms. The molecule has 10 heteroatoms. The van der Waals surface area contributed by atoms with Crippen molar-refractivity contribution in [2.75, 3.05) is 5.75 Å². The number of nitro groups is 1. The second-order valence-electron chi connectivity index (χ2n) is 7.77. The molecule has 1 aromatic heterocycles. The van der Waals surface area contributed by atoms with Crippen molar-refractivity contribution in [1.82, 2.24) is 20.2 Å². The number of aromatic nitrogens is 3. The number of nitrogens with zero attached hydrogens (tertiary/aromatic N) is 5. The van der Waals surface area contributed by atoms with Crippen molar-refractivity contribution in [2.24, 2.45) is 5.10 Å². The highest BCUT2D eigenvalue weighted by Crippen LogP contribution is 2.28. The summed E-state index contributed by atoms with van der Waals surface area (Å²) >= 11 is 1.25. The Kier molecular flexibility index (Phi) is 7.32. The fraction of sp³-hybridized carbons (Fsp3) is 0.120. The Hall–Kier alpha value is -4.31. The Bertz CT molecular complexity index is 1360. The zero-order chi connectivity index (χ0) is 24.8. The number of hydrogen-bond acceptors (Lipinski definition) is 7. The number of thioether (sulfide) groups is 1. The summed E-state index contributed by atoms with van der Waals surface area (Å²) in [5.41, 5.74) is 7.20. The van der Waals surface area contributed by atoms with Crippen molar-refractivity contribution >= 4 is 29.6 Å². The van der Waals surface area contributed by atoms with E-state index in [1.54, 1.807) is 12.1 Å². The molecule has 1 N–H and O–H groups in total. The third-order valence-electron chi connectivity index (χ3n) is 5.07. The van der Waals surface area contributed by atoms with Crippen LogP contribution in [0.3, 0.4) is 0 Å². The van der Waals surface area contributed by atoms with Crippen LogP contribution in [-0.2, 0) is 4.79 Å². The summed E-state index contributed by atoms with van der Waals surface area (Å²) in [7, 11) is 0. The standard InChI is InChI=1S/C25H22N6O3S/c1-17-3-9-20(10-4-17)24-28-29-25(30(24)21-11-5-18(2)6-12-21)35-16-23(32)27-26-15-19-7-13-22(14-8-19)31(33)34/h3-15H,16H2,1-2H3,(H,27,32)/b26-15+. The van der Waals surface area contributed by atoms with E-state index in [9.17, 15) is 14.9 Å². The van der Waals surface area contributed by atoms with Crippen LogP contribution >= 0.6 is 11.8 Å². The maximum Gasteiger partial charge on any atom is 0.269 e. The highest BCUT2D eigenvalue weighted by Gasteiger charge is 2.17. The van der Waals surface area contributed by atoms with Gasteiger partial charge in [-0.15, -0.1) is 10.2 Å². The molecule has 0 aliphatic heterocycles. The molecular formula is C25H22N6O3S. The number of hydrogen-bond donors (Lipinski definition) is 1. The highest BCUT2D eigenvalue weighted by molar-refractivity contribution is 7.99. The Morgan fingerprint density at radius 2 is 1.63 bits per heavy atom. The molecule has 9 nitrogen and oxygen atoms in total. The molecule has 0 saturated heterocycles. The van der Waals surface area contributed by atoms with E-state index >= 15 is 0 Å². The maximum atomic E-state index is 12.4. The van der Waals surface area contributed by atoms with E-state index in [-0.39, 0.29) is 17.3 Å². The first-order chi connectivity index (χ1) is 16.9. The first-order valence-corrected chi connectivity index (χ1v) is 11.7. The highest BCUT2D eigenvalue weighted by atomic mass is 32.2. The van der Waals surface area contributed by atoms with Crippen molar-refractivity contribution in [3.05, 3.63) is 99.6 Å². The molecule has 4 rings (SSSR count). The molecule has 1 amide bonds. The number of carbonyl (C=O) groups is 1. The Labute approximate surface area is 206 Å². The number of rotatable bonds is 8. The van der Waals surface area contributed by atoms with Crippen molar-refractivity contribution in [2.45, 2.75) is 19.0 Å². The minimum atomic E-state index is -0.473. The third kappa shape index (κ3) is 5.98. The molecule has 0 radical (unpaired) electrons. The van der Waals surface area contributed by atoms with Crippen molar-refractivity contribution in [3.8, 4) is 17.1 Å². The Balaban J connectivity index is 1.47. The summed E-state index contributed by atoms with van der Waals surface area (Å²) in [6, 6.07) is 21.9. The van der Waals surface area contributed by atoms with Gasteiger partial charge < -0.3 is 0 Å². The van der Waals surface area contributed by atoms with E-state index in [1.807, 2.05) is 66.9 Å². The largest absolute Gasteiger partial charge is 0.272 e. The molecule has 3 aromatic carbocycles. The van der Waals surface area contributed by atoms with Crippen molar-refractivity contribution < 1.29 is 9.72 Å². The normalized spacial score (nSPS) is 11.0. The van der Waals surface area contributed by atoms with Gasteiger partial charge in [-0.1, -0.05) is 59.3 Å². The van der Waals surface area contributed by atoms with E-state index < -0.39 is 4.92 Å². The van der Waals surface area contributed by atoms with E-state index in [1.165, 1.54) is 30.1 Å². The Morgan fingerprint density at radius 3 is 2.26 bits per heavy atom. The van der Waals surface area contributed by atoms with Crippen LogP contribution in [0, 0.1) is 24.0 Å². The van der Waals surface area contributed by atoms with Gasteiger partial charge in [-0.2, -0.15) is 5.10 Å². The van der Waals surface area contributed by atoms with E-state index in [0.717, 1.165) is 22.4 Å². The van der Waals surface area contributed by atoms with Gasteiger partial charge in [0.05, 0.1) is 16.9 Å². The summed E-state index contributed by atoms with van der Waals surface area (Å²) in [6.07, 6.45) is 1.43. The molecule has 0 aliphatic carbocycles. The van der Waals surface area contributed by atoms with E-state index in [4.69, 9.17) is 0 Å². The number of benzene rings is 3. The fourth-order valence-electron chi connectivity index (χ4n) is 3.20. The van der Waals surface area contributed by atoms with Crippen LogP contribution in [0.5, 0.6) is 0 Å². The molecule has 0 bridgehead atoms. The van der Waals surface area contributed by atoms with Crippen molar-refractivity contribution in [3.63, 3.8) is 0 Å². The fourth-order valence-corrected chi connectivity index (χ4v) is 3.95. The lowest BCUT2D eigenvalue weighted by Crippen LogP contribution is -2.20. The number of non-ortho nitro benzene ring substituents is 1. The van der Waals surface area contributed by atoms with Crippen LogP contribution in [0.25, 0.3) is 17.1 Å². The molecule has 4 aromatic rings. The monoisotopic (exact) mass is 486 g/mol. The van der Waals surface area contributed by atoms with Gasteiger partial charge in [-0.05, 0) is 43.7 Å². The lowest BCUT2D eigenvalue weighted by atomic mass is 10.1. The van der Waals surface area contributed by atoms with Crippen LogP contribution < -0.4 is 5.43 Å². The SMILES string of the molecule is Cc1ccc(-c2nnc(SCC(=O)N/N=C/c3ccc([N+](=O)[O-])cc3)n2-c2ccc(C)cc2)cc1. The van der Waals surface area contributed by atoms with Gasteiger partial charge in [-0.3, -0.25) is 19.5 Å². The van der Waals surface area contributed by atoms with Gasteiger partial charge in [0.25, 0.3) is 11.6 Å². The van der Waals surface area contributed by atoms with Crippen LogP contribution in [0.4, 0.5) is 5.69 Å². The van der Waals surface area contributed by atoms with Gasteiger partial charge in [0.15, 0.2) is 11.0 Å². The first-order valence-electron chi connectivity index (χ1n) is 10.7. The van der Waals surface area contributed by atoms with Gasteiger partial charge in [-0.25, -0.2) is 5.43 Å². The molecule has 0 atom stereocenters. The number of amides is 1. The number of nitrogens with one attached hydrogen (secondary N) is 1. The zero-order valence-corrected chi connectivity index (χ0v) is 19.9. The van der Waals surface area contributed by atoms with E-state index in [2.05, 4.69) is 20.7 Å². The minimum absolute atomic E-state index is 0.00900. The predicted molar refractivity (Wildman–Crippen MR) is 136 cm³/mol. The Morgan fingerprint density at radius 1 is 1.00 bits per heavy atom. The first kappa shape index (κ1) is 23.8. The second-order valence-corrected chi connectivity index (χ2v) is 8.72.